The zero-order chi connectivity index (χ0) is 15.2. The lowest BCUT2D eigenvalue weighted by Gasteiger charge is -2.21. The van der Waals surface area contributed by atoms with E-state index in [0.29, 0.717) is 12.0 Å². The summed E-state index contributed by atoms with van der Waals surface area (Å²) in [4.78, 5) is 6.65. The lowest BCUT2D eigenvalue weighted by molar-refractivity contribution is 0.595. The first-order valence-corrected chi connectivity index (χ1v) is 7.94. The standard InChI is InChI=1S/C16H25ClN4/c1-12(2)10-19-16(18-3)20-14-7-8-21(11-14)15-6-4-5-13(17)9-15/h4-6,9,12,14H,7-8,10-11H2,1-3H3,(H2,18,19,20). The fourth-order valence-corrected chi connectivity index (χ4v) is 2.66. The molecule has 2 N–H and O–H groups in total. The topological polar surface area (TPSA) is 39.7 Å². The van der Waals surface area contributed by atoms with Gasteiger partial charge >= 0.3 is 0 Å². The lowest BCUT2D eigenvalue weighted by Crippen LogP contribution is -2.45. The third kappa shape index (κ3) is 4.81. The van der Waals surface area contributed by atoms with Gasteiger partial charge in [0.05, 0.1) is 0 Å². The molecule has 1 aliphatic heterocycles. The highest BCUT2D eigenvalue weighted by Gasteiger charge is 2.23. The summed E-state index contributed by atoms with van der Waals surface area (Å²) in [6, 6.07) is 8.47. The van der Waals surface area contributed by atoms with E-state index in [9.17, 15) is 0 Å². The third-order valence-corrected chi connectivity index (χ3v) is 3.84. The molecule has 0 saturated carbocycles. The van der Waals surface area contributed by atoms with E-state index in [2.05, 4.69) is 40.4 Å². The van der Waals surface area contributed by atoms with E-state index in [4.69, 9.17) is 11.6 Å². The fourth-order valence-electron chi connectivity index (χ4n) is 2.47. The number of nitrogens with zero attached hydrogens (tertiary/aromatic N) is 2. The summed E-state index contributed by atoms with van der Waals surface area (Å²) in [5.74, 6) is 1.50. The van der Waals surface area contributed by atoms with Crippen molar-refractivity contribution in [3.8, 4) is 0 Å². The van der Waals surface area contributed by atoms with Gasteiger partial charge in [0.15, 0.2) is 5.96 Å². The van der Waals surface area contributed by atoms with Crippen molar-refractivity contribution in [2.45, 2.75) is 26.3 Å². The maximum atomic E-state index is 6.07. The Morgan fingerprint density at radius 1 is 1.48 bits per heavy atom. The van der Waals surface area contributed by atoms with E-state index in [0.717, 1.165) is 37.0 Å². The van der Waals surface area contributed by atoms with Crippen LogP contribution in [-0.2, 0) is 0 Å². The first-order valence-electron chi connectivity index (χ1n) is 7.56. The molecule has 0 aromatic heterocycles. The highest BCUT2D eigenvalue weighted by molar-refractivity contribution is 6.30. The van der Waals surface area contributed by atoms with Crippen LogP contribution in [0.4, 0.5) is 5.69 Å². The predicted octanol–water partition coefficient (Wildman–Crippen LogP) is 2.74. The largest absolute Gasteiger partial charge is 0.369 e. The number of benzene rings is 1. The second-order valence-corrected chi connectivity index (χ2v) is 6.34. The molecule has 1 unspecified atom stereocenters. The van der Waals surface area contributed by atoms with Gasteiger partial charge in [-0.2, -0.15) is 0 Å². The highest BCUT2D eigenvalue weighted by Crippen LogP contribution is 2.23. The van der Waals surface area contributed by atoms with Crippen LogP contribution in [0.25, 0.3) is 0 Å². The minimum absolute atomic E-state index is 0.419. The van der Waals surface area contributed by atoms with Crippen LogP contribution >= 0.6 is 11.6 Å². The van der Waals surface area contributed by atoms with Gasteiger partial charge in [-0.1, -0.05) is 31.5 Å². The van der Waals surface area contributed by atoms with Crippen molar-refractivity contribution in [1.29, 1.82) is 0 Å². The van der Waals surface area contributed by atoms with Crippen LogP contribution in [-0.4, -0.2) is 38.7 Å². The predicted molar refractivity (Wildman–Crippen MR) is 91.4 cm³/mol. The number of guanidine groups is 1. The molecule has 2 rings (SSSR count). The Balaban J connectivity index is 1.87. The van der Waals surface area contributed by atoms with Gasteiger partial charge in [0.25, 0.3) is 0 Å². The van der Waals surface area contributed by atoms with Gasteiger partial charge in [-0.15, -0.1) is 0 Å². The maximum Gasteiger partial charge on any atom is 0.191 e. The summed E-state index contributed by atoms with van der Waals surface area (Å²) in [5.41, 5.74) is 1.19. The van der Waals surface area contributed by atoms with Crippen molar-refractivity contribution in [2.24, 2.45) is 10.9 Å². The van der Waals surface area contributed by atoms with E-state index in [1.54, 1.807) is 0 Å². The molecule has 1 heterocycles. The number of anilines is 1. The van der Waals surface area contributed by atoms with Crippen LogP contribution in [0.5, 0.6) is 0 Å². The molecule has 0 spiro atoms. The molecule has 116 valence electrons. The quantitative estimate of drug-likeness (QED) is 0.664. The van der Waals surface area contributed by atoms with Crippen molar-refractivity contribution in [3.05, 3.63) is 29.3 Å². The van der Waals surface area contributed by atoms with Gasteiger partial charge in [-0.05, 0) is 30.5 Å². The number of nitrogens with one attached hydrogen (secondary N) is 2. The molecule has 1 atom stereocenters. The van der Waals surface area contributed by atoms with Crippen LogP contribution in [0.2, 0.25) is 5.02 Å². The SMILES string of the molecule is CN=C(NCC(C)C)NC1CCN(c2cccc(Cl)c2)C1. The highest BCUT2D eigenvalue weighted by atomic mass is 35.5. The van der Waals surface area contributed by atoms with Crippen molar-refractivity contribution in [2.75, 3.05) is 31.6 Å². The lowest BCUT2D eigenvalue weighted by atomic mass is 10.2. The monoisotopic (exact) mass is 308 g/mol. The molecule has 1 saturated heterocycles. The number of hydrogen-bond acceptors (Lipinski definition) is 2. The summed E-state index contributed by atoms with van der Waals surface area (Å²) >= 11 is 6.07. The molecule has 1 aromatic carbocycles. The Labute approximate surface area is 132 Å². The van der Waals surface area contributed by atoms with Crippen LogP contribution in [0.15, 0.2) is 29.3 Å². The molecule has 21 heavy (non-hydrogen) atoms. The van der Waals surface area contributed by atoms with Gasteiger partial charge in [-0.3, -0.25) is 4.99 Å². The van der Waals surface area contributed by atoms with E-state index >= 15 is 0 Å². The van der Waals surface area contributed by atoms with Gasteiger partial charge in [0.1, 0.15) is 0 Å². The number of aliphatic imine (C=N–C) groups is 1. The maximum absolute atomic E-state index is 6.07. The van der Waals surface area contributed by atoms with Gasteiger partial charge < -0.3 is 15.5 Å². The smallest absolute Gasteiger partial charge is 0.191 e. The molecule has 0 bridgehead atoms. The molecule has 0 radical (unpaired) electrons. The minimum Gasteiger partial charge on any atom is -0.369 e. The summed E-state index contributed by atoms with van der Waals surface area (Å²) in [5, 5.41) is 7.65. The van der Waals surface area contributed by atoms with Crippen molar-refractivity contribution >= 4 is 23.2 Å². The molecule has 5 heteroatoms. The average molecular weight is 309 g/mol. The van der Waals surface area contributed by atoms with E-state index in [1.165, 1.54) is 5.69 Å². The van der Waals surface area contributed by atoms with Crippen molar-refractivity contribution in [1.82, 2.24) is 10.6 Å². The Bertz CT molecular complexity index is 487. The van der Waals surface area contributed by atoms with E-state index in [-0.39, 0.29) is 0 Å². The summed E-state index contributed by atoms with van der Waals surface area (Å²) in [6.45, 7) is 7.33. The zero-order valence-corrected chi connectivity index (χ0v) is 13.8. The van der Waals surface area contributed by atoms with Crippen LogP contribution < -0.4 is 15.5 Å². The van der Waals surface area contributed by atoms with Gasteiger partial charge in [0, 0.05) is 43.4 Å². The molecule has 1 fully saturated rings. The normalized spacial score (nSPS) is 19.2. The number of rotatable bonds is 4. The Morgan fingerprint density at radius 3 is 2.95 bits per heavy atom. The summed E-state index contributed by atoms with van der Waals surface area (Å²) in [7, 11) is 1.82. The molecule has 4 nitrogen and oxygen atoms in total. The van der Waals surface area contributed by atoms with E-state index < -0.39 is 0 Å². The van der Waals surface area contributed by atoms with E-state index in [1.807, 2.05) is 25.2 Å². The van der Waals surface area contributed by atoms with Crippen molar-refractivity contribution < 1.29 is 0 Å². The first kappa shape index (κ1) is 16.0. The average Bonchev–Trinajstić information content (AvgIpc) is 2.92. The second-order valence-electron chi connectivity index (χ2n) is 5.90. The second kappa shape index (κ2) is 7.55. The Hall–Kier alpha value is -1.42. The first-order chi connectivity index (χ1) is 10.1. The van der Waals surface area contributed by atoms with Gasteiger partial charge in [-0.25, -0.2) is 0 Å². The molecule has 1 aromatic rings. The Morgan fingerprint density at radius 2 is 2.29 bits per heavy atom. The minimum atomic E-state index is 0.419. The number of halogens is 1. The summed E-state index contributed by atoms with van der Waals surface area (Å²) < 4.78 is 0. The molecule has 0 aliphatic carbocycles. The molecular weight excluding hydrogens is 284 g/mol. The molecular formula is C16H25ClN4. The third-order valence-electron chi connectivity index (χ3n) is 3.60. The zero-order valence-electron chi connectivity index (χ0n) is 13.1. The van der Waals surface area contributed by atoms with Crippen LogP contribution in [0, 0.1) is 5.92 Å². The van der Waals surface area contributed by atoms with Crippen LogP contribution in [0.1, 0.15) is 20.3 Å². The molecule has 0 amide bonds. The number of hydrogen-bond donors (Lipinski definition) is 2. The summed E-state index contributed by atoms with van der Waals surface area (Å²) in [6.07, 6.45) is 1.11. The van der Waals surface area contributed by atoms with Crippen molar-refractivity contribution in [3.63, 3.8) is 0 Å². The Kier molecular flexibility index (Phi) is 5.74. The molecule has 1 aliphatic rings. The fraction of sp³-hybridized carbons (Fsp3) is 0.562. The van der Waals surface area contributed by atoms with Gasteiger partial charge in [0.2, 0.25) is 0 Å². The van der Waals surface area contributed by atoms with Crippen LogP contribution in [0.3, 0.4) is 0 Å².